The summed E-state index contributed by atoms with van der Waals surface area (Å²) in [6, 6.07) is 8.64. The molecule has 0 amide bonds. The van der Waals surface area contributed by atoms with Crippen LogP contribution >= 0.6 is 0 Å². The monoisotopic (exact) mass is 380 g/mol. The standard InChI is InChI=1S/C19H32N4O2S/c1-2-3-4-8-13-21-19(20)22-16-17-11-14-23(15-12-17)26(24,25)18-9-6-5-7-10-18/h5-7,9-10,17H,2-4,8,11-16H2,1H3,(H3,20,21,22). The number of nitrogens with two attached hydrogens (primary N) is 1. The van der Waals surface area contributed by atoms with Crippen LogP contribution < -0.4 is 11.1 Å². The van der Waals surface area contributed by atoms with Crippen LogP contribution in [0, 0.1) is 5.92 Å². The summed E-state index contributed by atoms with van der Waals surface area (Å²) in [6.45, 7) is 4.80. The van der Waals surface area contributed by atoms with Crippen LogP contribution in [-0.4, -0.2) is 44.9 Å². The predicted octanol–water partition coefficient (Wildman–Crippen LogP) is 2.57. The zero-order chi connectivity index (χ0) is 18.8. The molecule has 0 bridgehead atoms. The summed E-state index contributed by atoms with van der Waals surface area (Å²) in [7, 11) is -3.38. The van der Waals surface area contributed by atoms with E-state index in [0.29, 0.717) is 36.4 Å². The Morgan fingerprint density at radius 2 is 1.88 bits per heavy atom. The van der Waals surface area contributed by atoms with Crippen LogP contribution in [-0.2, 0) is 10.0 Å². The topological polar surface area (TPSA) is 87.8 Å². The fourth-order valence-electron chi connectivity index (χ4n) is 3.13. The molecule has 1 aromatic rings. The number of rotatable bonds is 9. The Balaban J connectivity index is 1.74. The number of hydrogen-bond acceptors (Lipinski definition) is 3. The van der Waals surface area contributed by atoms with Crippen LogP contribution in [0.15, 0.2) is 40.2 Å². The van der Waals surface area contributed by atoms with E-state index in [1.807, 2.05) is 6.07 Å². The van der Waals surface area contributed by atoms with E-state index in [-0.39, 0.29) is 0 Å². The molecule has 7 heteroatoms. The van der Waals surface area contributed by atoms with Crippen LogP contribution in [0.4, 0.5) is 0 Å². The average molecular weight is 381 g/mol. The lowest BCUT2D eigenvalue weighted by Crippen LogP contribution is -2.39. The minimum absolute atomic E-state index is 0.369. The predicted molar refractivity (Wildman–Crippen MR) is 107 cm³/mol. The second-order valence-corrected chi connectivity index (χ2v) is 8.81. The summed E-state index contributed by atoms with van der Waals surface area (Å²) < 4.78 is 26.8. The molecule has 1 saturated heterocycles. The summed E-state index contributed by atoms with van der Waals surface area (Å²) in [5.41, 5.74) is 5.91. The van der Waals surface area contributed by atoms with Crippen LogP contribution in [0.1, 0.15) is 45.4 Å². The summed E-state index contributed by atoms with van der Waals surface area (Å²) >= 11 is 0. The van der Waals surface area contributed by atoms with E-state index in [1.165, 1.54) is 19.3 Å². The van der Waals surface area contributed by atoms with Crippen molar-refractivity contribution in [3.8, 4) is 0 Å². The quantitative estimate of drug-likeness (QED) is 0.391. The normalized spacial score (nSPS) is 17.3. The first-order valence-electron chi connectivity index (χ1n) is 9.63. The fraction of sp³-hybridized carbons (Fsp3) is 0.632. The number of unbranched alkanes of at least 4 members (excludes halogenated alkanes) is 3. The molecule has 0 spiro atoms. The molecule has 1 heterocycles. The Hall–Kier alpha value is -1.60. The highest BCUT2D eigenvalue weighted by atomic mass is 32.2. The van der Waals surface area contributed by atoms with Crippen molar-refractivity contribution in [2.75, 3.05) is 26.2 Å². The van der Waals surface area contributed by atoms with Crippen LogP contribution in [0.5, 0.6) is 0 Å². The first kappa shape index (κ1) is 20.7. The molecule has 6 nitrogen and oxygen atoms in total. The maximum Gasteiger partial charge on any atom is 0.243 e. The number of nitrogens with one attached hydrogen (secondary N) is 1. The number of aliphatic imine (C=N–C) groups is 1. The van der Waals surface area contributed by atoms with Crippen molar-refractivity contribution in [3.05, 3.63) is 30.3 Å². The maximum absolute atomic E-state index is 12.6. The van der Waals surface area contributed by atoms with Gasteiger partial charge in [-0.3, -0.25) is 4.99 Å². The molecule has 26 heavy (non-hydrogen) atoms. The van der Waals surface area contributed by atoms with Crippen molar-refractivity contribution in [2.24, 2.45) is 16.6 Å². The smallest absolute Gasteiger partial charge is 0.243 e. The first-order chi connectivity index (χ1) is 12.5. The number of sulfonamides is 1. The molecule has 3 N–H and O–H groups in total. The lowest BCUT2D eigenvalue weighted by molar-refractivity contribution is 0.279. The Bertz CT molecular complexity index is 653. The molecule has 0 atom stereocenters. The maximum atomic E-state index is 12.6. The van der Waals surface area contributed by atoms with Crippen molar-refractivity contribution in [3.63, 3.8) is 0 Å². The van der Waals surface area contributed by atoms with Gasteiger partial charge in [0.2, 0.25) is 10.0 Å². The largest absolute Gasteiger partial charge is 0.370 e. The van der Waals surface area contributed by atoms with E-state index in [2.05, 4.69) is 17.2 Å². The van der Waals surface area contributed by atoms with E-state index >= 15 is 0 Å². The van der Waals surface area contributed by atoms with Gasteiger partial charge in [-0.2, -0.15) is 4.31 Å². The van der Waals surface area contributed by atoms with Gasteiger partial charge in [-0.25, -0.2) is 8.42 Å². The Morgan fingerprint density at radius 3 is 2.54 bits per heavy atom. The molecule has 1 aliphatic rings. The van der Waals surface area contributed by atoms with Gasteiger partial charge >= 0.3 is 0 Å². The van der Waals surface area contributed by atoms with Gasteiger partial charge in [0.1, 0.15) is 0 Å². The van der Waals surface area contributed by atoms with E-state index in [0.717, 1.165) is 25.8 Å². The fourth-order valence-corrected chi connectivity index (χ4v) is 4.62. The van der Waals surface area contributed by atoms with Gasteiger partial charge in [-0.05, 0) is 37.3 Å². The second-order valence-electron chi connectivity index (χ2n) is 6.87. The Labute approximate surface area is 157 Å². The van der Waals surface area contributed by atoms with Gasteiger partial charge in [0.15, 0.2) is 5.96 Å². The van der Waals surface area contributed by atoms with E-state index in [1.54, 1.807) is 28.6 Å². The van der Waals surface area contributed by atoms with Crippen molar-refractivity contribution < 1.29 is 8.42 Å². The van der Waals surface area contributed by atoms with Gasteiger partial charge < -0.3 is 11.1 Å². The highest BCUT2D eigenvalue weighted by Crippen LogP contribution is 2.23. The average Bonchev–Trinajstić information content (AvgIpc) is 2.67. The summed E-state index contributed by atoms with van der Waals surface area (Å²) in [4.78, 5) is 4.79. The third-order valence-corrected chi connectivity index (χ3v) is 6.72. The number of nitrogens with zero attached hydrogens (tertiary/aromatic N) is 2. The van der Waals surface area contributed by atoms with E-state index in [9.17, 15) is 8.42 Å². The molecule has 0 aromatic heterocycles. The zero-order valence-corrected chi connectivity index (χ0v) is 16.5. The molecule has 1 aliphatic heterocycles. The van der Waals surface area contributed by atoms with Gasteiger partial charge in [0.25, 0.3) is 0 Å². The molecule has 0 aliphatic carbocycles. The summed E-state index contributed by atoms with van der Waals surface area (Å²) in [6.07, 6.45) is 6.44. The van der Waals surface area contributed by atoms with Crippen molar-refractivity contribution in [1.29, 1.82) is 0 Å². The molecule has 2 rings (SSSR count). The highest BCUT2D eigenvalue weighted by molar-refractivity contribution is 7.89. The second kappa shape index (κ2) is 10.5. The molecule has 1 aromatic carbocycles. The van der Waals surface area contributed by atoms with E-state index < -0.39 is 10.0 Å². The van der Waals surface area contributed by atoms with Crippen LogP contribution in [0.2, 0.25) is 0 Å². The minimum Gasteiger partial charge on any atom is -0.370 e. The number of hydrogen-bond donors (Lipinski definition) is 2. The molecule has 0 unspecified atom stereocenters. The molecule has 1 fully saturated rings. The zero-order valence-electron chi connectivity index (χ0n) is 15.7. The first-order valence-corrected chi connectivity index (χ1v) is 11.1. The number of guanidine groups is 1. The molecule has 146 valence electrons. The molecule has 0 radical (unpaired) electrons. The summed E-state index contributed by atoms with van der Waals surface area (Å²) in [5.74, 6) is 0.887. The van der Waals surface area contributed by atoms with Crippen molar-refractivity contribution in [1.82, 2.24) is 9.62 Å². The molecular formula is C19H32N4O2S. The minimum atomic E-state index is -3.38. The van der Waals surface area contributed by atoms with Crippen molar-refractivity contribution in [2.45, 2.75) is 50.3 Å². The van der Waals surface area contributed by atoms with Gasteiger partial charge in [0, 0.05) is 26.2 Å². The van der Waals surface area contributed by atoms with Gasteiger partial charge in [-0.15, -0.1) is 0 Å². The van der Waals surface area contributed by atoms with Crippen LogP contribution in [0.25, 0.3) is 0 Å². The third-order valence-electron chi connectivity index (χ3n) is 4.81. The van der Waals surface area contributed by atoms with Gasteiger partial charge in [0.05, 0.1) is 4.90 Å². The Morgan fingerprint density at radius 1 is 1.19 bits per heavy atom. The SMILES string of the molecule is CCCCCCNC(N)=NCC1CCN(S(=O)(=O)c2ccccc2)CC1. The van der Waals surface area contributed by atoms with Crippen LogP contribution in [0.3, 0.4) is 0 Å². The highest BCUT2D eigenvalue weighted by Gasteiger charge is 2.29. The summed E-state index contributed by atoms with van der Waals surface area (Å²) in [5, 5.41) is 3.16. The number of piperidine rings is 1. The third kappa shape index (κ3) is 6.29. The molecular weight excluding hydrogens is 348 g/mol. The van der Waals surface area contributed by atoms with Gasteiger partial charge in [-0.1, -0.05) is 44.4 Å². The lowest BCUT2D eigenvalue weighted by atomic mass is 9.98. The van der Waals surface area contributed by atoms with E-state index in [4.69, 9.17) is 5.73 Å². The molecule has 0 saturated carbocycles. The lowest BCUT2D eigenvalue weighted by Gasteiger charge is -2.30. The number of benzene rings is 1. The van der Waals surface area contributed by atoms with Crippen molar-refractivity contribution >= 4 is 16.0 Å². The Kier molecular flexibility index (Phi) is 8.38.